The number of hydrogen-bond donors (Lipinski definition) is 3. The van der Waals surface area contributed by atoms with Crippen molar-refractivity contribution in [2.75, 3.05) is 0 Å². The molecular formula is C21H12EuN6O18. The summed E-state index contributed by atoms with van der Waals surface area (Å²) in [7, 11) is 0. The molecule has 0 aliphatic carbocycles. The molecule has 0 bridgehead atoms. The van der Waals surface area contributed by atoms with Crippen LogP contribution in [0, 0.1) is 110 Å². The number of aromatic carboxylic acids is 3. The minimum atomic E-state index is -1.38. The molecule has 241 valence electrons. The van der Waals surface area contributed by atoms with Crippen molar-refractivity contribution in [2.24, 2.45) is 0 Å². The van der Waals surface area contributed by atoms with Gasteiger partial charge in [0.2, 0.25) is 0 Å². The van der Waals surface area contributed by atoms with E-state index in [-0.39, 0.29) is 66.1 Å². The number of carboxylic acids is 3. The van der Waals surface area contributed by atoms with Crippen LogP contribution in [0.3, 0.4) is 0 Å². The van der Waals surface area contributed by atoms with Crippen molar-refractivity contribution in [3.63, 3.8) is 0 Å². The van der Waals surface area contributed by atoms with Gasteiger partial charge in [-0.25, -0.2) is 14.4 Å². The maximum Gasteiger partial charge on any atom is 0.346 e. The molecule has 0 unspecified atom stereocenters. The van der Waals surface area contributed by atoms with Crippen molar-refractivity contribution in [2.45, 2.75) is 0 Å². The Labute approximate surface area is 290 Å². The van der Waals surface area contributed by atoms with Gasteiger partial charge in [0.05, 0.1) is 46.2 Å². The summed E-state index contributed by atoms with van der Waals surface area (Å²) < 4.78 is 0. The van der Waals surface area contributed by atoms with Crippen LogP contribution in [0.1, 0.15) is 31.1 Å². The number of benzene rings is 3. The molecule has 0 amide bonds. The molecule has 0 saturated heterocycles. The third-order valence-corrected chi connectivity index (χ3v) is 4.85. The summed E-state index contributed by atoms with van der Waals surface area (Å²) in [6, 6.07) is 7.15. The topological polar surface area (TPSA) is 371 Å². The van der Waals surface area contributed by atoms with E-state index < -0.39 is 81.6 Å². The van der Waals surface area contributed by atoms with Crippen molar-refractivity contribution < 1.29 is 109 Å². The summed E-state index contributed by atoms with van der Waals surface area (Å²) in [6.07, 6.45) is 0. The molecule has 0 aliphatic rings. The normalized spacial score (nSPS) is 9.39. The van der Waals surface area contributed by atoms with Gasteiger partial charge in [-0.05, 0) is 18.2 Å². The molecule has 0 aliphatic heterocycles. The molecule has 3 rings (SSSR count). The van der Waals surface area contributed by atoms with Gasteiger partial charge in [0.15, 0.2) is 0 Å². The third kappa shape index (κ3) is 11.0. The minimum Gasteiger partial charge on any atom is -0.478 e. The van der Waals surface area contributed by atoms with Crippen molar-refractivity contribution in [1.29, 1.82) is 0 Å². The molecule has 25 heteroatoms. The van der Waals surface area contributed by atoms with Crippen LogP contribution in [0.25, 0.3) is 0 Å². The van der Waals surface area contributed by atoms with Crippen LogP contribution in [0.4, 0.5) is 34.1 Å². The Morgan fingerprint density at radius 1 is 0.391 bits per heavy atom. The summed E-state index contributed by atoms with van der Waals surface area (Å²) in [5.74, 6) is -4.14. The van der Waals surface area contributed by atoms with Crippen LogP contribution in [-0.2, 0) is 0 Å². The van der Waals surface area contributed by atoms with E-state index in [0.29, 0.717) is 18.2 Å². The zero-order valence-electron chi connectivity index (χ0n) is 21.7. The van der Waals surface area contributed by atoms with Crippen LogP contribution in [-0.4, -0.2) is 62.8 Å². The quantitative estimate of drug-likeness (QED) is 0.206. The molecule has 24 nitrogen and oxygen atoms in total. The van der Waals surface area contributed by atoms with Gasteiger partial charge in [-0.2, -0.15) is 0 Å². The number of nitrogens with zero attached hydrogens (tertiary/aromatic N) is 6. The Morgan fingerprint density at radius 3 is 0.696 bits per heavy atom. The second-order valence-corrected chi connectivity index (χ2v) is 7.57. The predicted octanol–water partition coefficient (Wildman–Crippen LogP) is 3.60. The third-order valence-electron chi connectivity index (χ3n) is 4.85. The van der Waals surface area contributed by atoms with E-state index in [1.807, 2.05) is 0 Å². The summed E-state index contributed by atoms with van der Waals surface area (Å²) >= 11 is 0. The van der Waals surface area contributed by atoms with E-state index in [4.69, 9.17) is 15.3 Å². The van der Waals surface area contributed by atoms with Crippen LogP contribution in [0.5, 0.6) is 0 Å². The predicted molar refractivity (Wildman–Crippen MR) is 140 cm³/mol. The van der Waals surface area contributed by atoms with Gasteiger partial charge in [0.25, 0.3) is 0 Å². The van der Waals surface area contributed by atoms with Crippen LogP contribution < -0.4 is 0 Å². The average molecular weight is 788 g/mol. The van der Waals surface area contributed by atoms with Gasteiger partial charge >= 0.3 is 52.0 Å². The number of rotatable bonds is 9. The SMILES string of the molecule is O=C(O)c1ccc([N+](=O)[O-])c([N+](=O)[O-])c1.O=C(O)c1ccc([N+](=O)[O-])c([N+](=O)[O-])c1.O=C(O)c1ccc([N+](=O)[O-])c([N+](=O)[O-])c1.[Eu]. The summed E-state index contributed by atoms with van der Waals surface area (Å²) in [4.78, 5) is 87.9. The Bertz CT molecular complexity index is 1570. The van der Waals surface area contributed by atoms with Crippen molar-refractivity contribution in [3.8, 4) is 0 Å². The number of hydrogen-bond acceptors (Lipinski definition) is 15. The average Bonchev–Trinajstić information content (AvgIpc) is 2.96. The number of nitro benzene ring substituents is 6. The maximum absolute atomic E-state index is 10.5. The molecular weight excluding hydrogens is 776 g/mol. The van der Waals surface area contributed by atoms with Crippen molar-refractivity contribution in [3.05, 3.63) is 132 Å². The largest absolute Gasteiger partial charge is 0.478 e. The van der Waals surface area contributed by atoms with E-state index in [0.717, 1.165) is 36.4 Å². The standard InChI is InChI=1S/3C7H4N2O6.Eu/c3*10-7(11)4-1-2-5(8(12)13)6(3-4)9(14)15;/h3*1-3H,(H,10,11);. The van der Waals surface area contributed by atoms with Gasteiger partial charge in [-0.3, -0.25) is 60.7 Å². The second-order valence-electron chi connectivity index (χ2n) is 7.57. The number of carboxylic acid groups (broad SMARTS) is 3. The molecule has 1 radical (unpaired) electrons. The minimum absolute atomic E-state index is 0. The van der Waals surface area contributed by atoms with Gasteiger partial charge in [0, 0.05) is 85.8 Å². The fourth-order valence-electron chi connectivity index (χ4n) is 2.87. The van der Waals surface area contributed by atoms with Crippen LogP contribution in [0.15, 0.2) is 54.6 Å². The van der Waals surface area contributed by atoms with Crippen molar-refractivity contribution in [1.82, 2.24) is 0 Å². The molecule has 0 fully saturated rings. The maximum atomic E-state index is 10.5. The molecule has 0 atom stereocenters. The van der Waals surface area contributed by atoms with E-state index >= 15 is 0 Å². The Hall–Kier alpha value is -5.95. The van der Waals surface area contributed by atoms with E-state index in [2.05, 4.69) is 0 Å². The van der Waals surface area contributed by atoms with Crippen molar-refractivity contribution >= 4 is 52.0 Å². The zero-order chi connectivity index (χ0) is 34.8. The first-order chi connectivity index (χ1) is 20.8. The molecule has 0 heterocycles. The Kier molecular flexibility index (Phi) is 15.1. The fourth-order valence-corrected chi connectivity index (χ4v) is 2.87. The van der Waals surface area contributed by atoms with Crippen LogP contribution in [0.2, 0.25) is 0 Å². The van der Waals surface area contributed by atoms with E-state index in [1.54, 1.807) is 0 Å². The smallest absolute Gasteiger partial charge is 0.346 e. The molecule has 0 spiro atoms. The van der Waals surface area contributed by atoms with Gasteiger partial charge in [-0.1, -0.05) is 0 Å². The first kappa shape index (κ1) is 40.1. The molecule has 0 saturated carbocycles. The second kappa shape index (κ2) is 17.4. The van der Waals surface area contributed by atoms with E-state index in [1.165, 1.54) is 0 Å². The first-order valence-corrected chi connectivity index (χ1v) is 10.8. The number of nitro groups is 6. The zero-order valence-corrected chi connectivity index (χ0v) is 24.1. The molecule has 3 N–H and O–H groups in total. The monoisotopic (exact) mass is 789 g/mol. The number of carbonyl (C=O) groups is 3. The van der Waals surface area contributed by atoms with Gasteiger partial charge < -0.3 is 15.3 Å². The molecule has 3 aromatic carbocycles. The first-order valence-electron chi connectivity index (χ1n) is 10.8. The fraction of sp³-hybridized carbons (Fsp3) is 0. The van der Waals surface area contributed by atoms with Gasteiger partial charge in [-0.15, -0.1) is 0 Å². The molecule has 46 heavy (non-hydrogen) atoms. The summed E-state index contributed by atoms with van der Waals surface area (Å²) in [6.45, 7) is 0. The van der Waals surface area contributed by atoms with Gasteiger partial charge in [0.1, 0.15) is 0 Å². The Morgan fingerprint density at radius 2 is 0.565 bits per heavy atom. The summed E-state index contributed by atoms with van der Waals surface area (Å²) in [5.41, 5.74) is -5.80. The molecule has 0 aromatic heterocycles. The van der Waals surface area contributed by atoms with E-state index in [9.17, 15) is 75.1 Å². The molecule has 3 aromatic rings. The summed E-state index contributed by atoms with van der Waals surface area (Å²) in [5, 5.41) is 87.9. The Balaban J connectivity index is 0.000000653. The van der Waals surface area contributed by atoms with Crippen LogP contribution >= 0.6 is 0 Å².